The first-order chi connectivity index (χ1) is 16.6. The molecule has 180 valence electrons. The minimum absolute atomic E-state index is 0.163. The third kappa shape index (κ3) is 5.18. The summed E-state index contributed by atoms with van der Waals surface area (Å²) in [7, 11) is 0. The van der Waals surface area contributed by atoms with Crippen molar-refractivity contribution in [2.75, 3.05) is 26.2 Å². The van der Waals surface area contributed by atoms with Crippen LogP contribution in [0.2, 0.25) is 0 Å². The first kappa shape index (κ1) is 23.1. The number of hydrogen-bond donors (Lipinski definition) is 0. The number of nitrogens with zero attached hydrogens (tertiary/aromatic N) is 3. The molecule has 0 N–H and O–H groups in total. The summed E-state index contributed by atoms with van der Waals surface area (Å²) in [4.78, 5) is 34.4. The summed E-state index contributed by atoms with van der Waals surface area (Å²) >= 11 is 0. The van der Waals surface area contributed by atoms with E-state index in [1.54, 1.807) is 6.20 Å². The van der Waals surface area contributed by atoms with Gasteiger partial charge in [-0.1, -0.05) is 31.0 Å². The van der Waals surface area contributed by atoms with Crippen molar-refractivity contribution in [2.24, 2.45) is 11.8 Å². The Bertz CT molecular complexity index is 1010. The molecule has 2 unspecified atom stereocenters. The Morgan fingerprint density at radius 3 is 2.38 bits per heavy atom. The Morgan fingerprint density at radius 1 is 0.882 bits per heavy atom. The van der Waals surface area contributed by atoms with Crippen LogP contribution in [0.5, 0.6) is 0 Å². The predicted molar refractivity (Wildman–Crippen MR) is 134 cm³/mol. The molecular weight excluding hydrogens is 422 g/mol. The van der Waals surface area contributed by atoms with Gasteiger partial charge in [0.05, 0.1) is 6.42 Å². The summed E-state index contributed by atoms with van der Waals surface area (Å²) in [6.45, 7) is 5.32. The highest BCUT2D eigenvalue weighted by Crippen LogP contribution is 2.35. The van der Waals surface area contributed by atoms with Gasteiger partial charge in [-0.25, -0.2) is 0 Å². The smallest absolute Gasteiger partial charge is 0.253 e. The van der Waals surface area contributed by atoms with Crippen molar-refractivity contribution in [2.45, 2.75) is 64.2 Å². The molecule has 3 aliphatic rings. The van der Waals surface area contributed by atoms with Crippen molar-refractivity contribution in [3.05, 3.63) is 65.0 Å². The van der Waals surface area contributed by atoms with Gasteiger partial charge in [0.2, 0.25) is 5.91 Å². The van der Waals surface area contributed by atoms with Crippen LogP contribution in [0, 0.1) is 18.8 Å². The summed E-state index contributed by atoms with van der Waals surface area (Å²) < 4.78 is 0. The van der Waals surface area contributed by atoms with Gasteiger partial charge in [0.1, 0.15) is 0 Å². The van der Waals surface area contributed by atoms with Crippen LogP contribution in [0.4, 0.5) is 0 Å². The van der Waals surface area contributed by atoms with E-state index >= 15 is 0 Å². The molecule has 1 aliphatic carbocycles. The van der Waals surface area contributed by atoms with Gasteiger partial charge in [-0.05, 0) is 85.6 Å². The van der Waals surface area contributed by atoms with E-state index in [1.165, 1.54) is 31.2 Å². The van der Waals surface area contributed by atoms with Crippen LogP contribution in [0.15, 0.2) is 42.7 Å². The average Bonchev–Trinajstić information content (AvgIpc) is 3.57. The maximum Gasteiger partial charge on any atom is 0.253 e. The second kappa shape index (κ2) is 10.3. The summed E-state index contributed by atoms with van der Waals surface area (Å²) in [5.41, 5.74) is 4.28. The number of carbonyl (C=O) groups is 2. The summed E-state index contributed by atoms with van der Waals surface area (Å²) in [6.07, 6.45) is 12.5. The second-order valence-electron chi connectivity index (χ2n) is 10.7. The fourth-order valence-corrected chi connectivity index (χ4v) is 6.32. The number of pyridine rings is 1. The third-order valence-corrected chi connectivity index (χ3v) is 8.26. The largest absolute Gasteiger partial charge is 0.342 e. The highest BCUT2D eigenvalue weighted by Gasteiger charge is 2.35. The van der Waals surface area contributed by atoms with E-state index in [1.807, 2.05) is 41.1 Å². The predicted octanol–water partition coefficient (Wildman–Crippen LogP) is 4.99. The number of amides is 2. The van der Waals surface area contributed by atoms with Crippen molar-refractivity contribution in [1.29, 1.82) is 0 Å². The minimum Gasteiger partial charge on any atom is -0.342 e. The molecule has 0 spiro atoms. The van der Waals surface area contributed by atoms with E-state index in [9.17, 15) is 9.59 Å². The monoisotopic (exact) mass is 459 g/mol. The van der Waals surface area contributed by atoms with Crippen molar-refractivity contribution in [3.8, 4) is 0 Å². The Balaban J connectivity index is 1.15. The molecule has 1 aromatic heterocycles. The normalized spacial score (nSPS) is 23.4. The lowest BCUT2D eigenvalue weighted by Gasteiger charge is -2.36. The molecule has 5 heteroatoms. The third-order valence-electron chi connectivity index (χ3n) is 8.26. The molecule has 0 radical (unpaired) electrons. The number of aryl methyl sites for hydroxylation is 1. The van der Waals surface area contributed by atoms with E-state index in [2.05, 4.69) is 17.1 Å². The quantitative estimate of drug-likeness (QED) is 0.633. The molecule has 5 nitrogen and oxygen atoms in total. The topological polar surface area (TPSA) is 53.5 Å². The average molecular weight is 460 g/mol. The van der Waals surface area contributed by atoms with Gasteiger partial charge in [-0.3, -0.25) is 14.6 Å². The van der Waals surface area contributed by atoms with Crippen LogP contribution in [-0.4, -0.2) is 52.8 Å². The molecule has 5 rings (SSSR count). The van der Waals surface area contributed by atoms with Gasteiger partial charge in [0.15, 0.2) is 0 Å². The van der Waals surface area contributed by atoms with Crippen molar-refractivity contribution < 1.29 is 9.59 Å². The van der Waals surface area contributed by atoms with Gasteiger partial charge < -0.3 is 9.80 Å². The first-order valence-corrected chi connectivity index (χ1v) is 13.1. The molecule has 2 aromatic rings. The molecule has 1 aromatic carbocycles. The molecule has 2 amide bonds. The number of rotatable bonds is 5. The van der Waals surface area contributed by atoms with E-state index < -0.39 is 0 Å². The van der Waals surface area contributed by atoms with Crippen LogP contribution in [0.1, 0.15) is 77.9 Å². The highest BCUT2D eigenvalue weighted by atomic mass is 16.2. The molecule has 2 saturated heterocycles. The highest BCUT2D eigenvalue weighted by molar-refractivity contribution is 5.94. The van der Waals surface area contributed by atoms with Crippen LogP contribution in [0.25, 0.3) is 0 Å². The molecular formula is C29H37N3O2. The fraction of sp³-hybridized carbons (Fsp3) is 0.552. The van der Waals surface area contributed by atoms with E-state index in [0.29, 0.717) is 24.2 Å². The Morgan fingerprint density at radius 2 is 1.62 bits per heavy atom. The van der Waals surface area contributed by atoms with Gasteiger partial charge in [-0.15, -0.1) is 0 Å². The molecule has 3 fully saturated rings. The Labute approximate surface area is 203 Å². The van der Waals surface area contributed by atoms with Crippen LogP contribution in [0.3, 0.4) is 0 Å². The number of benzene rings is 1. The lowest BCUT2D eigenvalue weighted by atomic mass is 9.84. The summed E-state index contributed by atoms with van der Waals surface area (Å²) in [5, 5.41) is 0. The first-order valence-electron chi connectivity index (χ1n) is 13.1. The SMILES string of the molecule is Cc1cncc(CC(=O)N2CCCC(C3CCN(C(=O)c4ccc(C5CCCC5)cc4)C3)C2)c1. The van der Waals surface area contributed by atoms with Crippen LogP contribution in [-0.2, 0) is 11.2 Å². The zero-order chi connectivity index (χ0) is 23.5. The van der Waals surface area contributed by atoms with Crippen molar-refractivity contribution >= 4 is 11.8 Å². The number of likely N-dealkylation sites (tertiary alicyclic amines) is 2. The maximum atomic E-state index is 13.2. The summed E-state index contributed by atoms with van der Waals surface area (Å²) in [6, 6.07) is 10.5. The molecule has 34 heavy (non-hydrogen) atoms. The lowest BCUT2D eigenvalue weighted by Crippen LogP contribution is -2.43. The molecule has 1 saturated carbocycles. The standard InChI is InChI=1S/C29H37N3O2/c1-21-15-22(18-30-17-21)16-28(33)31-13-4-7-26(19-31)27-12-14-32(20-27)29(34)25-10-8-24(9-11-25)23-5-2-3-6-23/h8-11,15,17-18,23,26-27H,2-7,12-14,16,19-20H2,1H3. The zero-order valence-electron chi connectivity index (χ0n) is 20.4. The zero-order valence-corrected chi connectivity index (χ0v) is 20.4. The van der Waals surface area contributed by atoms with Crippen molar-refractivity contribution in [3.63, 3.8) is 0 Å². The number of aromatic nitrogens is 1. The molecule has 3 heterocycles. The Hall–Kier alpha value is -2.69. The number of hydrogen-bond acceptors (Lipinski definition) is 3. The van der Waals surface area contributed by atoms with Gasteiger partial charge in [-0.2, -0.15) is 0 Å². The van der Waals surface area contributed by atoms with Gasteiger partial charge in [0.25, 0.3) is 5.91 Å². The van der Waals surface area contributed by atoms with Gasteiger partial charge in [0, 0.05) is 44.1 Å². The van der Waals surface area contributed by atoms with Gasteiger partial charge >= 0.3 is 0 Å². The van der Waals surface area contributed by atoms with Crippen molar-refractivity contribution in [1.82, 2.24) is 14.8 Å². The number of piperidine rings is 1. The summed E-state index contributed by atoms with van der Waals surface area (Å²) in [5.74, 6) is 2.01. The molecule has 2 aliphatic heterocycles. The minimum atomic E-state index is 0.163. The van der Waals surface area contributed by atoms with E-state index in [4.69, 9.17) is 0 Å². The van der Waals surface area contributed by atoms with E-state index in [-0.39, 0.29) is 11.8 Å². The molecule has 2 atom stereocenters. The Kier molecular flexibility index (Phi) is 6.98. The van der Waals surface area contributed by atoms with Crippen LogP contribution >= 0.6 is 0 Å². The molecule has 0 bridgehead atoms. The number of carbonyl (C=O) groups excluding carboxylic acids is 2. The maximum absolute atomic E-state index is 13.2. The fourth-order valence-electron chi connectivity index (χ4n) is 6.32. The van der Waals surface area contributed by atoms with Crippen LogP contribution < -0.4 is 0 Å². The lowest BCUT2D eigenvalue weighted by molar-refractivity contribution is -0.132. The second-order valence-corrected chi connectivity index (χ2v) is 10.7. The van der Waals surface area contributed by atoms with E-state index in [0.717, 1.165) is 62.1 Å².